The number of rotatable bonds is 20. The molecule has 2 heterocycles. The van der Waals surface area contributed by atoms with Crippen molar-refractivity contribution in [3.05, 3.63) is 65.2 Å². The molecule has 11 nitrogen and oxygen atoms in total. The van der Waals surface area contributed by atoms with Gasteiger partial charge in [0, 0.05) is 43.2 Å². The molecule has 0 spiro atoms. The highest BCUT2D eigenvalue weighted by Crippen LogP contribution is 2.42. The molecule has 0 radical (unpaired) electrons. The van der Waals surface area contributed by atoms with E-state index in [9.17, 15) is 9.90 Å². The van der Waals surface area contributed by atoms with Gasteiger partial charge in [0.2, 0.25) is 5.91 Å². The maximum Gasteiger partial charge on any atom is 0.224 e. The molecule has 4 atom stereocenters. The molecule has 2 saturated heterocycles. The fourth-order valence-corrected chi connectivity index (χ4v) is 7.54. The highest BCUT2D eigenvalue weighted by molar-refractivity contribution is 5.90. The van der Waals surface area contributed by atoms with Crippen LogP contribution in [0.15, 0.2) is 48.5 Å². The van der Waals surface area contributed by atoms with Gasteiger partial charge < -0.3 is 43.6 Å². The van der Waals surface area contributed by atoms with Crippen molar-refractivity contribution in [3.8, 4) is 0 Å². The smallest absolute Gasteiger partial charge is 0.224 e. The maximum absolute atomic E-state index is 13.0. The number of nitrogens with one attached hydrogen (secondary N) is 1. The Morgan fingerprint density at radius 2 is 1.17 bits per heavy atom. The van der Waals surface area contributed by atoms with Gasteiger partial charge in [-0.15, -0.1) is 0 Å². The molecule has 2 aliphatic heterocycles. The second kappa shape index (κ2) is 30.6. The first-order valence-corrected chi connectivity index (χ1v) is 22.6. The number of aliphatic hydroxyl groups is 1. The predicted octanol–water partition coefficient (Wildman–Crippen LogP) is 8.79. The minimum Gasteiger partial charge on any atom is -0.392 e. The van der Waals surface area contributed by atoms with Crippen molar-refractivity contribution in [2.75, 3.05) is 91.0 Å². The Labute approximate surface area is 349 Å². The van der Waals surface area contributed by atoms with Gasteiger partial charge in [0.25, 0.3) is 0 Å². The van der Waals surface area contributed by atoms with Gasteiger partial charge in [-0.2, -0.15) is 0 Å². The molecule has 2 aromatic rings. The van der Waals surface area contributed by atoms with Crippen molar-refractivity contribution >= 4 is 11.6 Å². The molecule has 58 heavy (non-hydrogen) atoms. The van der Waals surface area contributed by atoms with E-state index in [1.165, 1.54) is 70.6 Å². The topological polar surface area (TPSA) is 117 Å². The Hall–Kier alpha value is -2.45. The number of ether oxygens (including phenoxy) is 7. The largest absolute Gasteiger partial charge is 0.392 e. The van der Waals surface area contributed by atoms with Crippen molar-refractivity contribution in [2.45, 2.75) is 129 Å². The number of benzene rings is 2. The number of unbranched alkanes of at least 4 members (excludes halogenated alkanes) is 12. The third-order valence-corrected chi connectivity index (χ3v) is 11.1. The van der Waals surface area contributed by atoms with Crippen LogP contribution in [0.25, 0.3) is 0 Å². The summed E-state index contributed by atoms with van der Waals surface area (Å²) in [5.74, 6) is 0.0489. The maximum atomic E-state index is 13.0. The first-order chi connectivity index (χ1) is 28.6. The van der Waals surface area contributed by atoms with E-state index in [2.05, 4.69) is 24.1 Å². The number of carbonyl (C=O) groups is 1. The molecule has 1 amide bonds. The predicted molar refractivity (Wildman–Crippen MR) is 229 cm³/mol. The van der Waals surface area contributed by atoms with Crippen molar-refractivity contribution < 1.29 is 43.1 Å². The van der Waals surface area contributed by atoms with Crippen molar-refractivity contribution in [1.29, 1.82) is 0 Å². The van der Waals surface area contributed by atoms with Crippen molar-refractivity contribution in [3.63, 3.8) is 0 Å². The molecular formula is C47H76N2O9. The molecule has 2 aliphatic rings. The lowest BCUT2D eigenvalue weighted by Gasteiger charge is -2.43. The molecule has 4 rings (SSSR count). The summed E-state index contributed by atoms with van der Waals surface area (Å²) < 4.78 is 42.3. The van der Waals surface area contributed by atoms with Crippen LogP contribution in [0.3, 0.4) is 0 Å². The molecule has 328 valence electrons. The van der Waals surface area contributed by atoms with Crippen molar-refractivity contribution in [2.24, 2.45) is 5.92 Å². The number of hydrogen-bond acceptors (Lipinski definition) is 10. The van der Waals surface area contributed by atoms with E-state index in [0.717, 1.165) is 35.2 Å². The number of nitrogens with zero attached hydrogens (tertiary/aromatic N) is 1. The van der Waals surface area contributed by atoms with Crippen LogP contribution in [0.5, 0.6) is 0 Å². The zero-order valence-electron chi connectivity index (χ0n) is 35.9. The zero-order valence-corrected chi connectivity index (χ0v) is 35.9. The summed E-state index contributed by atoms with van der Waals surface area (Å²) in [4.78, 5) is 15.3. The van der Waals surface area contributed by atoms with Crippen LogP contribution in [-0.2, 0) is 44.6 Å². The lowest BCUT2D eigenvalue weighted by atomic mass is 9.90. The van der Waals surface area contributed by atoms with Gasteiger partial charge in [0.15, 0.2) is 6.29 Å². The summed E-state index contributed by atoms with van der Waals surface area (Å²) in [5.41, 5.74) is 3.48. The number of anilines is 1. The molecule has 0 aromatic heterocycles. The molecule has 2 aromatic carbocycles. The number of aliphatic hydroxyl groups excluding tert-OH is 1. The molecule has 11 heteroatoms. The number of hydrogen-bond donors (Lipinski definition) is 2. The Bertz CT molecular complexity index is 1310. The first-order valence-electron chi connectivity index (χ1n) is 22.6. The molecule has 0 bridgehead atoms. The van der Waals surface area contributed by atoms with Crippen molar-refractivity contribution in [1.82, 2.24) is 4.90 Å². The summed E-state index contributed by atoms with van der Waals surface area (Å²) in [6.07, 6.45) is 16.1. The highest BCUT2D eigenvalue weighted by atomic mass is 16.7. The summed E-state index contributed by atoms with van der Waals surface area (Å²) in [6, 6.07) is 15.8. The average molecular weight is 813 g/mol. The van der Waals surface area contributed by atoms with E-state index in [1.807, 2.05) is 48.5 Å². The van der Waals surface area contributed by atoms with Crippen LogP contribution in [0.4, 0.5) is 5.69 Å². The van der Waals surface area contributed by atoms with Gasteiger partial charge in [-0.25, -0.2) is 0 Å². The van der Waals surface area contributed by atoms with Gasteiger partial charge in [-0.3, -0.25) is 9.69 Å². The molecule has 1 unspecified atom stereocenters. The third kappa shape index (κ3) is 19.7. The average Bonchev–Trinajstić information content (AvgIpc) is 3.24. The number of carbonyl (C=O) groups excluding carboxylic acids is 1. The molecule has 0 saturated carbocycles. The van der Waals surface area contributed by atoms with Gasteiger partial charge in [0.1, 0.15) is 0 Å². The van der Waals surface area contributed by atoms with E-state index in [-0.39, 0.29) is 30.6 Å². The first kappa shape index (κ1) is 48.2. The van der Waals surface area contributed by atoms with Crippen LogP contribution in [0, 0.1) is 5.92 Å². The number of amides is 1. The minimum atomic E-state index is -0.646. The summed E-state index contributed by atoms with van der Waals surface area (Å²) in [7, 11) is 0. The lowest BCUT2D eigenvalue weighted by Crippen LogP contribution is -2.46. The van der Waals surface area contributed by atoms with E-state index in [0.29, 0.717) is 92.1 Å². The fourth-order valence-electron chi connectivity index (χ4n) is 7.54. The second-order valence-corrected chi connectivity index (χ2v) is 15.9. The summed E-state index contributed by atoms with van der Waals surface area (Å²) in [5, 5.41) is 12.8. The Balaban J connectivity index is 1.32. The van der Waals surface area contributed by atoms with E-state index < -0.39 is 6.29 Å². The van der Waals surface area contributed by atoms with Crippen LogP contribution in [-0.4, -0.2) is 108 Å². The minimum absolute atomic E-state index is 0.0123. The van der Waals surface area contributed by atoms with E-state index in [4.69, 9.17) is 33.2 Å². The standard InChI is InChI=1S/C47H76N2O9/c1-3-4-5-6-7-8-9-10-11-12-13-14-15-19-45(51)48-43-18-16-17-42(36-43)47-57-44(39(2)46(58-47)41-22-20-40(38-50)21-23-41)37-49-24-26-52-28-30-54-32-34-56-35-33-55-31-29-53-27-25-49/h16-18,20-23,36,39,44,46-47,50H,3-15,19,24-35,37-38H2,1-2H3,(H,48,51)/t39-,44+,46+,47?/m0/s1. The zero-order chi connectivity index (χ0) is 40.9. The third-order valence-electron chi connectivity index (χ3n) is 11.1. The Kier molecular flexibility index (Phi) is 25.4. The monoisotopic (exact) mass is 813 g/mol. The van der Waals surface area contributed by atoms with Gasteiger partial charge in [-0.1, -0.05) is 127 Å². The van der Waals surface area contributed by atoms with Crippen LogP contribution >= 0.6 is 0 Å². The van der Waals surface area contributed by atoms with Gasteiger partial charge in [-0.05, 0) is 29.7 Å². The van der Waals surface area contributed by atoms with E-state index >= 15 is 0 Å². The quantitative estimate of drug-likeness (QED) is 0.126. The van der Waals surface area contributed by atoms with Crippen LogP contribution in [0.1, 0.15) is 133 Å². The molecule has 2 fully saturated rings. The van der Waals surface area contributed by atoms with Gasteiger partial charge >= 0.3 is 0 Å². The van der Waals surface area contributed by atoms with Crippen LogP contribution < -0.4 is 5.32 Å². The van der Waals surface area contributed by atoms with Crippen LogP contribution in [0.2, 0.25) is 0 Å². The Morgan fingerprint density at radius 3 is 1.71 bits per heavy atom. The normalized spacial score (nSPS) is 22.5. The molecule has 0 aliphatic carbocycles. The lowest BCUT2D eigenvalue weighted by molar-refractivity contribution is -0.276. The van der Waals surface area contributed by atoms with E-state index in [1.54, 1.807) is 0 Å². The second-order valence-electron chi connectivity index (χ2n) is 15.9. The fraction of sp³-hybridized carbons (Fsp3) is 0.723. The highest BCUT2D eigenvalue weighted by Gasteiger charge is 2.39. The Morgan fingerprint density at radius 1 is 0.655 bits per heavy atom. The summed E-state index contributed by atoms with van der Waals surface area (Å²) >= 11 is 0. The molecule has 2 N–H and O–H groups in total. The molecular weight excluding hydrogens is 737 g/mol. The summed E-state index contributed by atoms with van der Waals surface area (Å²) in [6.45, 7) is 11.8. The SMILES string of the molecule is CCCCCCCCCCCCCCCC(=O)Nc1cccc(C2O[C@H](CN3CCOCCOCCOCCOCCOCC3)[C@H](C)[C@H](c3ccc(CO)cc3)O2)c1. The van der Waals surface area contributed by atoms with Gasteiger partial charge in [0.05, 0.1) is 84.9 Å².